The molecule has 1 nitrogen and oxygen atoms in total. The van der Waals surface area contributed by atoms with Crippen molar-refractivity contribution in [2.75, 3.05) is 0 Å². The summed E-state index contributed by atoms with van der Waals surface area (Å²) in [5.41, 5.74) is 5.29. The number of phenols is 1. The molecular weight excluding hydrogens is 184 g/mol. The zero-order chi connectivity index (χ0) is 11.0. The Morgan fingerprint density at radius 1 is 1.40 bits per heavy atom. The molecule has 1 aliphatic carbocycles. The number of hydrogen-bond acceptors (Lipinski definition) is 1. The summed E-state index contributed by atoms with van der Waals surface area (Å²) in [6.07, 6.45) is 4.75. The predicted octanol–water partition coefficient (Wildman–Crippen LogP) is 3.84. The average Bonchev–Trinajstić information content (AvgIpc) is 2.25. The lowest BCUT2D eigenvalue weighted by Crippen LogP contribution is -2.12. The van der Waals surface area contributed by atoms with Crippen LogP contribution < -0.4 is 0 Å². The molecule has 1 N–H and O–H groups in total. The SMILES string of the molecule is CCC1CCCc2c(O)cc(C)c(C)c21. The highest BCUT2D eigenvalue weighted by molar-refractivity contribution is 5.50. The third kappa shape index (κ3) is 1.64. The monoisotopic (exact) mass is 204 g/mol. The van der Waals surface area contributed by atoms with Gasteiger partial charge in [0.2, 0.25) is 0 Å². The topological polar surface area (TPSA) is 20.2 Å². The van der Waals surface area contributed by atoms with Crippen LogP contribution >= 0.6 is 0 Å². The van der Waals surface area contributed by atoms with Crippen LogP contribution in [0.4, 0.5) is 0 Å². The molecule has 15 heavy (non-hydrogen) atoms. The fourth-order valence-electron chi connectivity index (χ4n) is 2.87. The molecule has 0 radical (unpaired) electrons. The van der Waals surface area contributed by atoms with E-state index in [1.54, 1.807) is 0 Å². The highest BCUT2D eigenvalue weighted by atomic mass is 16.3. The Kier molecular flexibility index (Phi) is 2.72. The first kappa shape index (κ1) is 10.5. The van der Waals surface area contributed by atoms with Gasteiger partial charge >= 0.3 is 0 Å². The van der Waals surface area contributed by atoms with Crippen molar-refractivity contribution in [1.29, 1.82) is 0 Å². The lowest BCUT2D eigenvalue weighted by molar-refractivity contribution is 0.450. The van der Waals surface area contributed by atoms with E-state index in [2.05, 4.69) is 20.8 Å². The molecule has 82 valence electrons. The molecule has 0 aliphatic heterocycles. The quantitative estimate of drug-likeness (QED) is 0.737. The van der Waals surface area contributed by atoms with Crippen LogP contribution in [0.1, 0.15) is 54.4 Å². The minimum Gasteiger partial charge on any atom is -0.508 e. The maximum absolute atomic E-state index is 9.97. The predicted molar refractivity (Wildman–Crippen MR) is 63.6 cm³/mol. The maximum Gasteiger partial charge on any atom is 0.119 e. The van der Waals surface area contributed by atoms with Crippen LogP contribution in [0.5, 0.6) is 5.75 Å². The van der Waals surface area contributed by atoms with Crippen LogP contribution in [0.25, 0.3) is 0 Å². The van der Waals surface area contributed by atoms with E-state index < -0.39 is 0 Å². The molecule has 0 bridgehead atoms. The van der Waals surface area contributed by atoms with Gasteiger partial charge in [-0.25, -0.2) is 0 Å². The van der Waals surface area contributed by atoms with Crippen molar-refractivity contribution in [2.24, 2.45) is 0 Å². The smallest absolute Gasteiger partial charge is 0.119 e. The van der Waals surface area contributed by atoms with Crippen LogP contribution in [-0.2, 0) is 6.42 Å². The van der Waals surface area contributed by atoms with Crippen molar-refractivity contribution in [3.05, 3.63) is 28.3 Å². The van der Waals surface area contributed by atoms with E-state index >= 15 is 0 Å². The van der Waals surface area contributed by atoms with Gasteiger partial charge in [-0.05, 0) is 73.8 Å². The van der Waals surface area contributed by atoms with Gasteiger partial charge in [-0.3, -0.25) is 0 Å². The van der Waals surface area contributed by atoms with Gasteiger partial charge in [0, 0.05) is 0 Å². The Morgan fingerprint density at radius 2 is 2.13 bits per heavy atom. The van der Waals surface area contributed by atoms with Crippen LogP contribution in [0, 0.1) is 13.8 Å². The van der Waals surface area contributed by atoms with Crippen LogP contribution in [-0.4, -0.2) is 5.11 Å². The Balaban J connectivity index is 2.62. The van der Waals surface area contributed by atoms with Gasteiger partial charge in [0.1, 0.15) is 5.75 Å². The van der Waals surface area contributed by atoms with E-state index in [0.717, 1.165) is 6.42 Å². The zero-order valence-corrected chi connectivity index (χ0v) is 9.93. The van der Waals surface area contributed by atoms with Crippen LogP contribution in [0.15, 0.2) is 6.07 Å². The summed E-state index contributed by atoms with van der Waals surface area (Å²) in [7, 11) is 0. The summed E-state index contributed by atoms with van der Waals surface area (Å²) in [5.74, 6) is 1.19. The van der Waals surface area contributed by atoms with E-state index in [0.29, 0.717) is 11.7 Å². The van der Waals surface area contributed by atoms with Crippen molar-refractivity contribution in [1.82, 2.24) is 0 Å². The van der Waals surface area contributed by atoms with Gasteiger partial charge < -0.3 is 5.11 Å². The van der Waals surface area contributed by atoms with Crippen molar-refractivity contribution in [3.63, 3.8) is 0 Å². The number of aromatic hydroxyl groups is 1. The van der Waals surface area contributed by atoms with Crippen molar-refractivity contribution >= 4 is 0 Å². The van der Waals surface area contributed by atoms with E-state index in [9.17, 15) is 5.11 Å². The first-order chi connectivity index (χ1) is 7.15. The molecule has 1 heteroatoms. The van der Waals surface area contributed by atoms with E-state index in [1.165, 1.54) is 41.5 Å². The largest absolute Gasteiger partial charge is 0.508 e. The van der Waals surface area contributed by atoms with E-state index in [-0.39, 0.29) is 0 Å². The summed E-state index contributed by atoms with van der Waals surface area (Å²) in [5, 5.41) is 9.97. The van der Waals surface area contributed by atoms with Gasteiger partial charge in [0.25, 0.3) is 0 Å². The second-order valence-electron chi connectivity index (χ2n) is 4.73. The number of phenolic OH excluding ortho intramolecular Hbond substituents is 1. The summed E-state index contributed by atoms with van der Waals surface area (Å²) >= 11 is 0. The van der Waals surface area contributed by atoms with E-state index in [1.807, 2.05) is 6.07 Å². The molecule has 0 saturated carbocycles. The first-order valence-electron chi connectivity index (χ1n) is 5.97. The van der Waals surface area contributed by atoms with Gasteiger partial charge in [-0.2, -0.15) is 0 Å². The summed E-state index contributed by atoms with van der Waals surface area (Å²) in [6, 6.07) is 1.92. The minimum atomic E-state index is 0.520. The van der Waals surface area contributed by atoms with Gasteiger partial charge in [-0.1, -0.05) is 6.92 Å². The molecule has 0 spiro atoms. The van der Waals surface area contributed by atoms with Crippen molar-refractivity contribution in [3.8, 4) is 5.75 Å². The van der Waals surface area contributed by atoms with Gasteiger partial charge in [-0.15, -0.1) is 0 Å². The Hall–Kier alpha value is -0.980. The number of hydrogen-bond donors (Lipinski definition) is 1. The molecule has 1 aliphatic rings. The lowest BCUT2D eigenvalue weighted by Gasteiger charge is -2.28. The third-order valence-electron chi connectivity index (χ3n) is 3.86. The number of aryl methyl sites for hydroxylation is 1. The standard InChI is InChI=1S/C14H20O/c1-4-11-6-5-7-12-13(15)8-9(2)10(3)14(11)12/h8,11,15H,4-7H2,1-3H3. The summed E-state index contributed by atoms with van der Waals surface area (Å²) < 4.78 is 0. The highest BCUT2D eigenvalue weighted by Gasteiger charge is 2.23. The summed E-state index contributed by atoms with van der Waals surface area (Å²) in [4.78, 5) is 0. The fourth-order valence-corrected chi connectivity index (χ4v) is 2.87. The normalized spacial score (nSPS) is 20.1. The van der Waals surface area contributed by atoms with E-state index in [4.69, 9.17) is 0 Å². The number of fused-ring (bicyclic) bond motifs is 1. The van der Waals surface area contributed by atoms with Gasteiger partial charge in [0.15, 0.2) is 0 Å². The fraction of sp³-hybridized carbons (Fsp3) is 0.571. The Morgan fingerprint density at radius 3 is 2.80 bits per heavy atom. The molecular formula is C14H20O. The molecule has 0 amide bonds. The molecule has 0 heterocycles. The van der Waals surface area contributed by atoms with Crippen LogP contribution in [0.2, 0.25) is 0 Å². The molecule has 0 aromatic heterocycles. The van der Waals surface area contributed by atoms with Crippen molar-refractivity contribution in [2.45, 2.75) is 52.4 Å². The summed E-state index contributed by atoms with van der Waals surface area (Å²) in [6.45, 7) is 6.54. The molecule has 2 rings (SSSR count). The molecule has 0 fully saturated rings. The van der Waals surface area contributed by atoms with Crippen LogP contribution in [0.3, 0.4) is 0 Å². The first-order valence-corrected chi connectivity index (χ1v) is 5.97. The number of rotatable bonds is 1. The number of benzene rings is 1. The highest BCUT2D eigenvalue weighted by Crippen LogP contribution is 2.41. The lowest BCUT2D eigenvalue weighted by atomic mass is 9.77. The maximum atomic E-state index is 9.97. The Bertz CT molecular complexity index is 379. The molecule has 0 saturated heterocycles. The molecule has 1 atom stereocenters. The second-order valence-corrected chi connectivity index (χ2v) is 4.73. The molecule has 1 aromatic carbocycles. The minimum absolute atomic E-state index is 0.520. The Labute approximate surface area is 92.1 Å². The average molecular weight is 204 g/mol. The van der Waals surface area contributed by atoms with Crippen molar-refractivity contribution < 1.29 is 5.11 Å². The zero-order valence-electron chi connectivity index (χ0n) is 9.93. The molecule has 1 unspecified atom stereocenters. The molecule has 1 aromatic rings. The second kappa shape index (κ2) is 3.88. The van der Waals surface area contributed by atoms with Gasteiger partial charge in [0.05, 0.1) is 0 Å². The third-order valence-corrected chi connectivity index (χ3v) is 3.86.